The average molecular weight is 253 g/mol. The molecule has 0 fully saturated rings. The van der Waals surface area contributed by atoms with Crippen molar-refractivity contribution in [3.05, 3.63) is 18.0 Å². The molecule has 1 aromatic rings. The summed E-state index contributed by atoms with van der Waals surface area (Å²) in [5, 5.41) is 16.0. The van der Waals surface area contributed by atoms with Crippen LogP contribution in [0.4, 0.5) is 10.5 Å². The molecule has 0 saturated carbocycles. The number of carbonyl (C=O) groups excluding carboxylic acids is 1. The molecule has 0 spiro atoms. The molecule has 0 aliphatic rings. The van der Waals surface area contributed by atoms with Gasteiger partial charge in [0, 0.05) is 7.05 Å². The minimum atomic E-state index is -1.18. The Morgan fingerprint density at radius 2 is 1.83 bits per heavy atom. The lowest BCUT2D eigenvalue weighted by atomic mass is 10.2. The van der Waals surface area contributed by atoms with E-state index < -0.39 is 17.7 Å². The SMILES string of the molecule is CN(C(=O)OC(C)(C)C)c1cnncc1C(=O)O. The second-order valence-electron chi connectivity index (χ2n) is 4.63. The molecule has 18 heavy (non-hydrogen) atoms. The highest BCUT2D eigenvalue weighted by atomic mass is 16.6. The summed E-state index contributed by atoms with van der Waals surface area (Å²) in [5.74, 6) is -1.18. The van der Waals surface area contributed by atoms with E-state index in [-0.39, 0.29) is 11.3 Å². The Morgan fingerprint density at radius 3 is 2.33 bits per heavy atom. The molecule has 0 saturated heterocycles. The first kappa shape index (κ1) is 13.9. The van der Waals surface area contributed by atoms with Crippen LogP contribution in [0.1, 0.15) is 31.1 Å². The molecule has 1 heterocycles. The van der Waals surface area contributed by atoms with Gasteiger partial charge in [0.05, 0.1) is 18.1 Å². The molecule has 0 bridgehead atoms. The molecule has 0 aromatic carbocycles. The van der Waals surface area contributed by atoms with Crippen molar-refractivity contribution in [1.82, 2.24) is 10.2 Å². The average Bonchev–Trinajstić information content (AvgIpc) is 2.25. The van der Waals surface area contributed by atoms with Gasteiger partial charge in [0.1, 0.15) is 11.2 Å². The fraction of sp³-hybridized carbons (Fsp3) is 0.455. The molecule has 7 nitrogen and oxygen atoms in total. The molecule has 1 amide bonds. The maximum Gasteiger partial charge on any atom is 0.414 e. The number of amides is 1. The second-order valence-corrected chi connectivity index (χ2v) is 4.63. The summed E-state index contributed by atoms with van der Waals surface area (Å²) in [6.45, 7) is 5.17. The van der Waals surface area contributed by atoms with Gasteiger partial charge in [-0.25, -0.2) is 9.59 Å². The number of carboxylic acid groups (broad SMARTS) is 1. The van der Waals surface area contributed by atoms with E-state index in [0.717, 1.165) is 11.1 Å². The fourth-order valence-corrected chi connectivity index (χ4v) is 1.18. The quantitative estimate of drug-likeness (QED) is 0.859. The maximum absolute atomic E-state index is 11.8. The van der Waals surface area contributed by atoms with Crippen molar-refractivity contribution in [2.45, 2.75) is 26.4 Å². The van der Waals surface area contributed by atoms with Crippen molar-refractivity contribution in [2.24, 2.45) is 0 Å². The van der Waals surface area contributed by atoms with Crippen LogP contribution in [0.3, 0.4) is 0 Å². The third-order valence-corrected chi connectivity index (χ3v) is 1.97. The largest absolute Gasteiger partial charge is 0.478 e. The van der Waals surface area contributed by atoms with Gasteiger partial charge in [-0.1, -0.05) is 0 Å². The molecule has 7 heteroatoms. The zero-order valence-corrected chi connectivity index (χ0v) is 10.7. The number of aromatic nitrogens is 2. The zero-order valence-electron chi connectivity index (χ0n) is 10.7. The van der Waals surface area contributed by atoms with Crippen molar-refractivity contribution in [3.8, 4) is 0 Å². The molecule has 1 rings (SSSR count). The van der Waals surface area contributed by atoms with E-state index in [4.69, 9.17) is 9.84 Å². The van der Waals surface area contributed by atoms with Crippen LogP contribution < -0.4 is 4.90 Å². The van der Waals surface area contributed by atoms with E-state index in [0.29, 0.717) is 0 Å². The van der Waals surface area contributed by atoms with E-state index in [1.165, 1.54) is 13.2 Å². The Balaban J connectivity index is 3.00. The Kier molecular flexibility index (Phi) is 3.85. The van der Waals surface area contributed by atoms with Crippen molar-refractivity contribution < 1.29 is 19.4 Å². The van der Waals surface area contributed by atoms with Gasteiger partial charge in [0.25, 0.3) is 0 Å². The Labute approximate surface area is 104 Å². The first-order valence-electron chi connectivity index (χ1n) is 5.23. The minimum Gasteiger partial charge on any atom is -0.478 e. The van der Waals surface area contributed by atoms with E-state index in [2.05, 4.69) is 10.2 Å². The highest BCUT2D eigenvalue weighted by Gasteiger charge is 2.24. The molecule has 0 aliphatic heterocycles. The molecule has 98 valence electrons. The summed E-state index contributed by atoms with van der Waals surface area (Å²) in [5.41, 5.74) is -0.639. The normalized spacial score (nSPS) is 10.9. The van der Waals surface area contributed by atoms with Crippen molar-refractivity contribution in [2.75, 3.05) is 11.9 Å². The lowest BCUT2D eigenvalue weighted by Gasteiger charge is -2.24. The molecule has 1 N–H and O–H groups in total. The summed E-state index contributed by atoms with van der Waals surface area (Å²) >= 11 is 0. The van der Waals surface area contributed by atoms with Crippen LogP contribution in [0.2, 0.25) is 0 Å². The van der Waals surface area contributed by atoms with Crippen molar-refractivity contribution in [1.29, 1.82) is 0 Å². The van der Waals surface area contributed by atoms with Crippen LogP contribution in [-0.2, 0) is 4.74 Å². The number of hydrogen-bond acceptors (Lipinski definition) is 5. The number of anilines is 1. The molecular weight excluding hydrogens is 238 g/mol. The van der Waals surface area contributed by atoms with Crippen molar-refractivity contribution >= 4 is 17.7 Å². The predicted octanol–water partition coefficient (Wildman–Crippen LogP) is 1.55. The maximum atomic E-state index is 11.8. The van der Waals surface area contributed by atoms with E-state index >= 15 is 0 Å². The highest BCUT2D eigenvalue weighted by Crippen LogP contribution is 2.19. The minimum absolute atomic E-state index is 0.113. The third kappa shape index (κ3) is 3.41. The first-order valence-corrected chi connectivity index (χ1v) is 5.23. The number of hydrogen-bond donors (Lipinski definition) is 1. The standard InChI is InChI=1S/C11H15N3O4/c1-11(2,3)18-10(17)14(4)8-6-13-12-5-7(8)9(15)16/h5-6H,1-4H3,(H,15,16). The smallest absolute Gasteiger partial charge is 0.414 e. The Hall–Kier alpha value is -2.18. The molecule has 0 unspecified atom stereocenters. The predicted molar refractivity (Wildman–Crippen MR) is 63.6 cm³/mol. The van der Waals surface area contributed by atoms with Crippen LogP contribution >= 0.6 is 0 Å². The summed E-state index contributed by atoms with van der Waals surface area (Å²) in [4.78, 5) is 23.9. The van der Waals surface area contributed by atoms with Crippen LogP contribution in [0.15, 0.2) is 12.4 Å². The van der Waals surface area contributed by atoms with Gasteiger partial charge < -0.3 is 9.84 Å². The lowest BCUT2D eigenvalue weighted by Crippen LogP contribution is -2.35. The van der Waals surface area contributed by atoms with Crippen LogP contribution in [0, 0.1) is 0 Å². The molecule has 0 radical (unpaired) electrons. The zero-order chi connectivity index (χ0) is 13.9. The Bertz CT molecular complexity index is 468. The van der Waals surface area contributed by atoms with Gasteiger partial charge in [0.15, 0.2) is 0 Å². The number of carbonyl (C=O) groups is 2. The summed E-state index contributed by atoms with van der Waals surface area (Å²) in [7, 11) is 1.41. The lowest BCUT2D eigenvalue weighted by molar-refractivity contribution is 0.0589. The Morgan fingerprint density at radius 1 is 1.28 bits per heavy atom. The van der Waals surface area contributed by atoms with Gasteiger partial charge >= 0.3 is 12.1 Å². The van der Waals surface area contributed by atoms with Gasteiger partial charge in [-0.3, -0.25) is 4.90 Å². The summed E-state index contributed by atoms with van der Waals surface area (Å²) in [6.07, 6.45) is 1.63. The molecular formula is C11H15N3O4. The molecule has 0 aliphatic carbocycles. The van der Waals surface area contributed by atoms with Gasteiger partial charge in [-0.05, 0) is 20.8 Å². The van der Waals surface area contributed by atoms with E-state index in [1.807, 2.05) is 0 Å². The number of carboxylic acids is 1. The number of aromatic carboxylic acids is 1. The van der Waals surface area contributed by atoms with E-state index in [1.54, 1.807) is 20.8 Å². The van der Waals surface area contributed by atoms with Crippen LogP contribution in [-0.4, -0.2) is 40.0 Å². The topological polar surface area (TPSA) is 92.6 Å². The fourth-order valence-electron chi connectivity index (χ4n) is 1.18. The third-order valence-electron chi connectivity index (χ3n) is 1.97. The van der Waals surface area contributed by atoms with Crippen molar-refractivity contribution in [3.63, 3.8) is 0 Å². The summed E-state index contributed by atoms with van der Waals surface area (Å²) in [6, 6.07) is 0. The van der Waals surface area contributed by atoms with Crippen LogP contribution in [0.5, 0.6) is 0 Å². The summed E-state index contributed by atoms with van der Waals surface area (Å²) < 4.78 is 5.13. The van der Waals surface area contributed by atoms with Gasteiger partial charge in [-0.15, -0.1) is 0 Å². The van der Waals surface area contributed by atoms with Gasteiger partial charge in [0.2, 0.25) is 0 Å². The monoisotopic (exact) mass is 253 g/mol. The molecule has 1 aromatic heterocycles. The highest BCUT2D eigenvalue weighted by molar-refractivity contribution is 5.99. The molecule has 0 atom stereocenters. The van der Waals surface area contributed by atoms with Crippen LogP contribution in [0.25, 0.3) is 0 Å². The number of nitrogens with zero attached hydrogens (tertiary/aromatic N) is 3. The second kappa shape index (κ2) is 4.99. The van der Waals surface area contributed by atoms with Gasteiger partial charge in [-0.2, -0.15) is 10.2 Å². The number of rotatable bonds is 2. The number of ether oxygens (including phenoxy) is 1. The van der Waals surface area contributed by atoms with E-state index in [9.17, 15) is 9.59 Å². The first-order chi connectivity index (χ1) is 8.22.